The van der Waals surface area contributed by atoms with Crippen LogP contribution in [0.4, 0.5) is 0 Å². The van der Waals surface area contributed by atoms with Gasteiger partial charge in [-0.15, -0.1) is 11.3 Å². The van der Waals surface area contributed by atoms with Gasteiger partial charge in [-0.25, -0.2) is 9.59 Å². The third-order valence-electron chi connectivity index (χ3n) is 3.37. The second kappa shape index (κ2) is 7.56. The van der Waals surface area contributed by atoms with Crippen LogP contribution in [0.1, 0.15) is 27.0 Å². The minimum atomic E-state index is -0.546. The first kappa shape index (κ1) is 17.9. The number of hydrogen-bond acceptors (Lipinski definition) is 5. The Bertz CT molecular complexity index is 967. The molecule has 0 radical (unpaired) electrons. The fraction of sp³-hybridized carbons (Fsp3) is 0.111. The van der Waals surface area contributed by atoms with E-state index in [4.69, 9.17) is 21.1 Å². The van der Waals surface area contributed by atoms with Crippen LogP contribution in [0, 0.1) is 0 Å². The molecule has 0 aliphatic carbocycles. The molecule has 4 nitrogen and oxygen atoms in total. The van der Waals surface area contributed by atoms with Crippen LogP contribution in [0.5, 0.6) is 5.75 Å². The van der Waals surface area contributed by atoms with E-state index in [-0.39, 0.29) is 6.61 Å². The molecule has 0 atom stereocenters. The van der Waals surface area contributed by atoms with Gasteiger partial charge in [0.2, 0.25) is 0 Å². The Morgan fingerprint density at radius 3 is 2.60 bits per heavy atom. The van der Waals surface area contributed by atoms with Crippen LogP contribution >= 0.6 is 38.9 Å². The third kappa shape index (κ3) is 3.71. The van der Waals surface area contributed by atoms with Gasteiger partial charge in [-0.05, 0) is 47.1 Å². The highest BCUT2D eigenvalue weighted by atomic mass is 79.9. The zero-order chi connectivity index (χ0) is 18.0. The number of ether oxygens (including phenoxy) is 2. The molecule has 0 saturated carbocycles. The lowest BCUT2D eigenvalue weighted by molar-refractivity contribution is 0.0526. The summed E-state index contributed by atoms with van der Waals surface area (Å²) < 4.78 is 11.8. The van der Waals surface area contributed by atoms with Crippen LogP contribution in [-0.2, 0) is 4.74 Å². The van der Waals surface area contributed by atoms with Crippen molar-refractivity contribution in [2.75, 3.05) is 6.61 Å². The molecule has 0 unspecified atom stereocenters. The average Bonchev–Trinajstić information content (AvgIpc) is 2.94. The van der Waals surface area contributed by atoms with E-state index in [9.17, 15) is 9.59 Å². The molecule has 0 fully saturated rings. The summed E-state index contributed by atoms with van der Waals surface area (Å²) in [6, 6.07) is 12.1. The number of hydrogen-bond donors (Lipinski definition) is 0. The molecule has 0 aliphatic rings. The highest BCUT2D eigenvalue weighted by molar-refractivity contribution is 9.10. The molecule has 0 N–H and O–H groups in total. The summed E-state index contributed by atoms with van der Waals surface area (Å²) in [7, 11) is 0. The number of fused-ring (bicyclic) bond motifs is 1. The maximum absolute atomic E-state index is 12.5. The van der Waals surface area contributed by atoms with Crippen LogP contribution < -0.4 is 4.74 Å². The molecule has 0 amide bonds. The fourth-order valence-corrected chi connectivity index (χ4v) is 4.06. The average molecular weight is 440 g/mol. The van der Waals surface area contributed by atoms with Gasteiger partial charge in [0.15, 0.2) is 0 Å². The summed E-state index contributed by atoms with van der Waals surface area (Å²) in [5.74, 6) is -0.684. The summed E-state index contributed by atoms with van der Waals surface area (Å²) in [4.78, 5) is 24.5. The van der Waals surface area contributed by atoms with E-state index in [1.54, 1.807) is 13.0 Å². The topological polar surface area (TPSA) is 52.6 Å². The molecular formula is C18H12BrClO4S. The van der Waals surface area contributed by atoms with Crippen molar-refractivity contribution in [3.05, 3.63) is 62.4 Å². The zero-order valence-electron chi connectivity index (χ0n) is 13.0. The first-order valence-electron chi connectivity index (χ1n) is 7.37. The van der Waals surface area contributed by atoms with Crippen LogP contribution in [-0.4, -0.2) is 18.5 Å². The number of halogens is 2. The molecule has 7 heteroatoms. The zero-order valence-corrected chi connectivity index (χ0v) is 16.2. The molecule has 0 spiro atoms. The van der Waals surface area contributed by atoms with Gasteiger partial charge < -0.3 is 9.47 Å². The highest BCUT2D eigenvalue weighted by Crippen LogP contribution is 2.36. The third-order valence-corrected chi connectivity index (χ3v) is 5.64. The van der Waals surface area contributed by atoms with E-state index >= 15 is 0 Å². The van der Waals surface area contributed by atoms with Gasteiger partial charge in [-0.3, -0.25) is 0 Å². The van der Waals surface area contributed by atoms with Gasteiger partial charge in [-0.1, -0.05) is 29.8 Å². The Hall–Kier alpha value is -1.89. The minimum Gasteiger partial charge on any atom is -0.462 e. The maximum Gasteiger partial charge on any atom is 0.355 e. The first-order chi connectivity index (χ1) is 12.0. The molecule has 3 rings (SSSR count). The van der Waals surface area contributed by atoms with E-state index in [0.717, 1.165) is 10.1 Å². The SMILES string of the molecule is CCOC(=O)c1ccc(OC(=O)c2sc3ccccc3c2Cl)c(Br)c1. The minimum absolute atomic E-state index is 0.289. The number of rotatable bonds is 4. The van der Waals surface area contributed by atoms with Crippen LogP contribution in [0.3, 0.4) is 0 Å². The fourth-order valence-electron chi connectivity index (χ4n) is 2.22. The lowest BCUT2D eigenvalue weighted by Gasteiger charge is -2.07. The lowest BCUT2D eigenvalue weighted by atomic mass is 10.2. The van der Waals surface area contributed by atoms with Crippen LogP contribution in [0.2, 0.25) is 5.02 Å². The summed E-state index contributed by atoms with van der Waals surface area (Å²) in [6.45, 7) is 2.02. The van der Waals surface area contributed by atoms with Crippen molar-refractivity contribution < 1.29 is 19.1 Å². The van der Waals surface area contributed by atoms with E-state index in [1.165, 1.54) is 23.5 Å². The molecule has 0 bridgehead atoms. The quantitative estimate of drug-likeness (QED) is 0.386. The number of benzene rings is 2. The van der Waals surface area contributed by atoms with Gasteiger partial charge in [-0.2, -0.15) is 0 Å². The molecule has 3 aromatic rings. The Morgan fingerprint density at radius 2 is 1.92 bits per heavy atom. The number of esters is 2. The molecule has 2 aromatic carbocycles. The van der Waals surface area contributed by atoms with Crippen molar-refractivity contribution in [1.82, 2.24) is 0 Å². The largest absolute Gasteiger partial charge is 0.462 e. The Morgan fingerprint density at radius 1 is 1.16 bits per heavy atom. The second-order valence-corrected chi connectivity index (χ2v) is 7.28. The smallest absolute Gasteiger partial charge is 0.355 e. The van der Waals surface area contributed by atoms with E-state index in [1.807, 2.05) is 24.3 Å². The molecule has 1 aromatic heterocycles. The summed E-state index contributed by atoms with van der Waals surface area (Å²) in [6.07, 6.45) is 0. The molecule has 1 heterocycles. The Labute approximate surface area is 161 Å². The van der Waals surface area contributed by atoms with Crippen molar-refractivity contribution in [3.8, 4) is 5.75 Å². The molecule has 0 aliphatic heterocycles. The van der Waals surface area contributed by atoms with Crippen molar-refractivity contribution in [2.24, 2.45) is 0 Å². The molecular weight excluding hydrogens is 428 g/mol. The maximum atomic E-state index is 12.5. The lowest BCUT2D eigenvalue weighted by Crippen LogP contribution is -2.09. The summed E-state index contributed by atoms with van der Waals surface area (Å²) in [5, 5.41) is 1.20. The monoisotopic (exact) mass is 438 g/mol. The summed E-state index contributed by atoms with van der Waals surface area (Å²) >= 11 is 10.9. The van der Waals surface area contributed by atoms with Gasteiger partial charge in [0, 0.05) is 10.1 Å². The van der Waals surface area contributed by atoms with Crippen molar-refractivity contribution in [3.63, 3.8) is 0 Å². The predicted molar refractivity (Wildman–Crippen MR) is 102 cm³/mol. The number of carbonyl (C=O) groups excluding carboxylic acids is 2. The normalized spacial score (nSPS) is 10.7. The molecule has 0 saturated heterocycles. The van der Waals surface area contributed by atoms with Crippen LogP contribution in [0.25, 0.3) is 10.1 Å². The van der Waals surface area contributed by atoms with Gasteiger partial charge in [0.25, 0.3) is 0 Å². The van der Waals surface area contributed by atoms with Gasteiger partial charge in [0.05, 0.1) is 21.7 Å². The van der Waals surface area contributed by atoms with Crippen molar-refractivity contribution in [2.45, 2.75) is 6.92 Å². The summed E-state index contributed by atoms with van der Waals surface area (Å²) in [5.41, 5.74) is 0.369. The Balaban J connectivity index is 1.85. The standard InChI is InChI=1S/C18H12BrClO4S/c1-2-23-17(21)10-7-8-13(12(19)9-10)24-18(22)16-15(20)11-5-3-4-6-14(11)25-16/h3-9H,2H2,1H3. The van der Waals surface area contributed by atoms with Crippen molar-refractivity contribution >= 4 is 60.9 Å². The predicted octanol–water partition coefficient (Wildman–Crippen LogP) is 5.71. The number of carbonyl (C=O) groups is 2. The first-order valence-corrected chi connectivity index (χ1v) is 9.36. The molecule has 128 valence electrons. The van der Waals surface area contributed by atoms with E-state index < -0.39 is 11.9 Å². The van der Waals surface area contributed by atoms with E-state index in [0.29, 0.717) is 25.7 Å². The van der Waals surface area contributed by atoms with Crippen LogP contribution in [0.15, 0.2) is 46.9 Å². The Kier molecular flexibility index (Phi) is 5.42. The van der Waals surface area contributed by atoms with Gasteiger partial charge >= 0.3 is 11.9 Å². The number of thiophene rings is 1. The van der Waals surface area contributed by atoms with Gasteiger partial charge in [0.1, 0.15) is 10.6 Å². The molecule has 25 heavy (non-hydrogen) atoms. The highest BCUT2D eigenvalue weighted by Gasteiger charge is 2.20. The second-order valence-electron chi connectivity index (χ2n) is 5.00. The van der Waals surface area contributed by atoms with Crippen molar-refractivity contribution in [1.29, 1.82) is 0 Å². The van der Waals surface area contributed by atoms with E-state index in [2.05, 4.69) is 15.9 Å².